The molecule has 2 heterocycles. The number of aliphatic carboxylic acids is 1. The number of ether oxygens (including phenoxy) is 1. The molecule has 1 N–H and O–H groups in total. The van der Waals surface area contributed by atoms with E-state index in [4.69, 9.17) is 4.74 Å². The Morgan fingerprint density at radius 2 is 2.12 bits per heavy atom. The van der Waals surface area contributed by atoms with E-state index < -0.39 is 11.9 Å². The second-order valence-corrected chi connectivity index (χ2v) is 6.31. The molecule has 1 fully saturated rings. The first-order chi connectivity index (χ1) is 12.0. The van der Waals surface area contributed by atoms with Gasteiger partial charge < -0.3 is 14.7 Å². The summed E-state index contributed by atoms with van der Waals surface area (Å²) in [6.45, 7) is 2.93. The highest BCUT2D eigenvalue weighted by atomic mass is 16.5. The monoisotopic (exact) mass is 340 g/mol. The van der Waals surface area contributed by atoms with Gasteiger partial charge in [-0.1, -0.05) is 19.1 Å². The molecule has 0 radical (unpaired) electrons. The molecule has 0 aliphatic carbocycles. The van der Waals surface area contributed by atoms with Gasteiger partial charge in [-0.2, -0.15) is 0 Å². The van der Waals surface area contributed by atoms with E-state index in [9.17, 15) is 14.7 Å². The lowest BCUT2D eigenvalue weighted by Gasteiger charge is -2.16. The average Bonchev–Trinajstić information content (AvgIpc) is 3.02. The van der Waals surface area contributed by atoms with Crippen LogP contribution >= 0.6 is 0 Å². The van der Waals surface area contributed by atoms with E-state index in [-0.39, 0.29) is 18.4 Å². The molecule has 6 nitrogen and oxygen atoms in total. The Morgan fingerprint density at radius 3 is 2.80 bits per heavy atom. The fraction of sp³-hybridized carbons (Fsp3) is 0.316. The maximum absolute atomic E-state index is 12.7. The van der Waals surface area contributed by atoms with Crippen LogP contribution in [-0.2, 0) is 11.4 Å². The lowest BCUT2D eigenvalue weighted by molar-refractivity contribution is -0.142. The minimum absolute atomic E-state index is 0.0496. The lowest BCUT2D eigenvalue weighted by Crippen LogP contribution is -2.29. The van der Waals surface area contributed by atoms with Crippen LogP contribution in [0.2, 0.25) is 0 Å². The quantitative estimate of drug-likeness (QED) is 0.904. The summed E-state index contributed by atoms with van der Waals surface area (Å²) >= 11 is 0. The number of rotatable bonds is 5. The van der Waals surface area contributed by atoms with Crippen LogP contribution in [-0.4, -0.2) is 40.0 Å². The van der Waals surface area contributed by atoms with Crippen LogP contribution in [0.3, 0.4) is 0 Å². The molecular formula is C19H20N2O4. The van der Waals surface area contributed by atoms with Crippen LogP contribution in [0.5, 0.6) is 5.75 Å². The van der Waals surface area contributed by atoms with Crippen molar-refractivity contribution in [2.45, 2.75) is 13.5 Å². The standard InChI is InChI=1S/C19H20N2O4/c1-13-10-21(11-17(13)19(23)24)18(22)15-5-2-6-16(8-15)25-12-14-4-3-7-20-9-14/h2-9,13,17H,10-12H2,1H3,(H,23,24)/t13-,17-/m1/s1. The number of amides is 1. The minimum atomic E-state index is -0.851. The third-order valence-electron chi connectivity index (χ3n) is 4.43. The van der Waals surface area contributed by atoms with E-state index in [1.165, 1.54) is 0 Å². The zero-order valence-electron chi connectivity index (χ0n) is 14.0. The molecular weight excluding hydrogens is 320 g/mol. The van der Waals surface area contributed by atoms with E-state index in [1.807, 2.05) is 19.1 Å². The fourth-order valence-corrected chi connectivity index (χ4v) is 3.01. The van der Waals surface area contributed by atoms with E-state index in [0.717, 1.165) is 5.56 Å². The number of hydrogen-bond acceptors (Lipinski definition) is 4. The van der Waals surface area contributed by atoms with Gasteiger partial charge in [0.15, 0.2) is 0 Å². The number of aromatic nitrogens is 1. The van der Waals surface area contributed by atoms with E-state index in [2.05, 4.69) is 4.98 Å². The number of hydrogen-bond donors (Lipinski definition) is 1. The van der Waals surface area contributed by atoms with Crippen LogP contribution in [0.1, 0.15) is 22.8 Å². The Hall–Kier alpha value is -2.89. The van der Waals surface area contributed by atoms with Crippen molar-refractivity contribution in [3.8, 4) is 5.75 Å². The molecule has 2 atom stereocenters. The molecule has 1 aliphatic heterocycles. The normalized spacial score (nSPS) is 19.6. The smallest absolute Gasteiger partial charge is 0.308 e. The molecule has 1 aliphatic rings. The molecule has 1 aromatic carbocycles. The van der Waals surface area contributed by atoms with Gasteiger partial charge in [-0.05, 0) is 30.2 Å². The number of nitrogens with zero attached hydrogens (tertiary/aromatic N) is 2. The van der Waals surface area contributed by atoms with Crippen LogP contribution in [0, 0.1) is 11.8 Å². The van der Waals surface area contributed by atoms with E-state index in [0.29, 0.717) is 24.5 Å². The van der Waals surface area contributed by atoms with E-state index in [1.54, 1.807) is 41.6 Å². The van der Waals surface area contributed by atoms with Gasteiger partial charge >= 0.3 is 5.97 Å². The molecule has 130 valence electrons. The highest BCUT2D eigenvalue weighted by Crippen LogP contribution is 2.25. The van der Waals surface area contributed by atoms with Crippen LogP contribution < -0.4 is 4.74 Å². The van der Waals surface area contributed by atoms with Crippen LogP contribution in [0.4, 0.5) is 0 Å². The van der Waals surface area contributed by atoms with Crippen molar-refractivity contribution in [1.29, 1.82) is 0 Å². The average molecular weight is 340 g/mol. The number of benzene rings is 1. The van der Waals surface area contributed by atoms with Crippen LogP contribution in [0.15, 0.2) is 48.8 Å². The molecule has 0 saturated carbocycles. The number of carboxylic acids is 1. The number of likely N-dealkylation sites (tertiary alicyclic amines) is 1. The van der Waals surface area contributed by atoms with Gasteiger partial charge in [0.2, 0.25) is 0 Å². The fourth-order valence-electron chi connectivity index (χ4n) is 3.01. The zero-order valence-corrected chi connectivity index (χ0v) is 14.0. The molecule has 3 rings (SSSR count). The number of carbonyl (C=O) groups excluding carboxylic acids is 1. The Morgan fingerprint density at radius 1 is 1.28 bits per heavy atom. The van der Waals surface area contributed by atoms with Crippen molar-refractivity contribution in [2.75, 3.05) is 13.1 Å². The predicted octanol–water partition coefficient (Wildman–Crippen LogP) is 2.45. The molecule has 25 heavy (non-hydrogen) atoms. The Labute approximate surface area is 146 Å². The summed E-state index contributed by atoms with van der Waals surface area (Å²) in [5, 5.41) is 9.21. The van der Waals surface area contributed by atoms with Crippen molar-refractivity contribution < 1.29 is 19.4 Å². The Kier molecular flexibility index (Phi) is 4.97. The molecule has 0 spiro atoms. The van der Waals surface area contributed by atoms with Gasteiger partial charge in [0.1, 0.15) is 12.4 Å². The number of pyridine rings is 1. The summed E-state index contributed by atoms with van der Waals surface area (Å²) in [6, 6.07) is 10.7. The molecule has 1 aromatic heterocycles. The highest BCUT2D eigenvalue weighted by Gasteiger charge is 2.37. The largest absolute Gasteiger partial charge is 0.489 e. The third-order valence-corrected chi connectivity index (χ3v) is 4.43. The first kappa shape index (κ1) is 17.0. The molecule has 1 amide bonds. The summed E-state index contributed by atoms with van der Waals surface area (Å²) in [7, 11) is 0. The summed E-state index contributed by atoms with van der Waals surface area (Å²) in [4.78, 5) is 29.5. The SMILES string of the molecule is C[C@@H]1CN(C(=O)c2cccc(OCc3cccnc3)c2)C[C@H]1C(=O)O. The zero-order chi connectivity index (χ0) is 17.8. The summed E-state index contributed by atoms with van der Waals surface area (Å²) < 4.78 is 5.72. The van der Waals surface area contributed by atoms with Crippen LogP contribution in [0.25, 0.3) is 0 Å². The first-order valence-corrected chi connectivity index (χ1v) is 8.18. The highest BCUT2D eigenvalue weighted by molar-refractivity contribution is 5.95. The topological polar surface area (TPSA) is 79.7 Å². The lowest BCUT2D eigenvalue weighted by atomic mass is 9.99. The summed E-state index contributed by atoms with van der Waals surface area (Å²) in [6.07, 6.45) is 3.43. The van der Waals surface area contributed by atoms with Gasteiger partial charge in [0, 0.05) is 36.6 Å². The van der Waals surface area contributed by atoms with Gasteiger partial charge in [0.25, 0.3) is 5.91 Å². The minimum Gasteiger partial charge on any atom is -0.489 e. The maximum atomic E-state index is 12.7. The molecule has 1 saturated heterocycles. The van der Waals surface area contributed by atoms with Gasteiger partial charge in [-0.15, -0.1) is 0 Å². The summed E-state index contributed by atoms with van der Waals surface area (Å²) in [5.41, 5.74) is 1.44. The molecule has 0 bridgehead atoms. The van der Waals surface area contributed by atoms with Gasteiger partial charge in [-0.3, -0.25) is 14.6 Å². The van der Waals surface area contributed by atoms with Crippen molar-refractivity contribution in [3.05, 3.63) is 59.9 Å². The molecule has 2 aromatic rings. The molecule has 0 unspecified atom stereocenters. The third kappa shape index (κ3) is 3.96. The van der Waals surface area contributed by atoms with Crippen molar-refractivity contribution >= 4 is 11.9 Å². The predicted molar refractivity (Wildman–Crippen MR) is 91.2 cm³/mol. The second-order valence-electron chi connectivity index (χ2n) is 6.31. The van der Waals surface area contributed by atoms with Crippen molar-refractivity contribution in [3.63, 3.8) is 0 Å². The Balaban J connectivity index is 1.67. The van der Waals surface area contributed by atoms with Crippen molar-refractivity contribution in [2.24, 2.45) is 11.8 Å². The maximum Gasteiger partial charge on any atom is 0.308 e. The first-order valence-electron chi connectivity index (χ1n) is 8.18. The Bertz CT molecular complexity index is 763. The van der Waals surface area contributed by atoms with Gasteiger partial charge in [0.05, 0.1) is 5.92 Å². The molecule has 6 heteroatoms. The van der Waals surface area contributed by atoms with Crippen molar-refractivity contribution in [1.82, 2.24) is 9.88 Å². The van der Waals surface area contributed by atoms with E-state index >= 15 is 0 Å². The number of carbonyl (C=O) groups is 2. The summed E-state index contributed by atoms with van der Waals surface area (Å²) in [5.74, 6) is -0.976. The van der Waals surface area contributed by atoms with Gasteiger partial charge in [-0.25, -0.2) is 0 Å². The number of carboxylic acid groups (broad SMARTS) is 1. The second kappa shape index (κ2) is 7.34.